The van der Waals surface area contributed by atoms with Crippen LogP contribution in [0.25, 0.3) is 0 Å². The molecule has 0 fully saturated rings. The molecule has 180 valence electrons. The van der Waals surface area contributed by atoms with Crippen LogP contribution in [0.1, 0.15) is 12.5 Å². The van der Waals surface area contributed by atoms with E-state index in [2.05, 4.69) is 10.0 Å². The molecule has 34 heavy (non-hydrogen) atoms. The third-order valence-electron chi connectivity index (χ3n) is 4.99. The zero-order valence-electron chi connectivity index (χ0n) is 19.3. The Labute approximate surface area is 199 Å². The van der Waals surface area contributed by atoms with E-state index in [1.54, 1.807) is 30.3 Å². The fraction of sp³-hybridized carbons (Fsp3) is 0.240. The minimum Gasteiger partial charge on any atom is -0.494 e. The van der Waals surface area contributed by atoms with Crippen LogP contribution in [-0.4, -0.2) is 41.2 Å². The summed E-state index contributed by atoms with van der Waals surface area (Å²) in [6.45, 7) is 2.32. The first-order chi connectivity index (χ1) is 16.4. The number of hydrogen-bond acceptors (Lipinski definition) is 6. The van der Waals surface area contributed by atoms with E-state index in [9.17, 15) is 13.2 Å². The average Bonchev–Trinajstić information content (AvgIpc) is 2.84. The van der Waals surface area contributed by atoms with Crippen molar-refractivity contribution in [1.29, 1.82) is 0 Å². The summed E-state index contributed by atoms with van der Waals surface area (Å²) in [7, 11) is -0.975. The van der Waals surface area contributed by atoms with Crippen LogP contribution in [0, 0.1) is 0 Å². The minimum atomic E-state index is -3.98. The van der Waals surface area contributed by atoms with Crippen LogP contribution in [0.15, 0.2) is 77.7 Å². The summed E-state index contributed by atoms with van der Waals surface area (Å²) in [4.78, 5) is 13.2. The number of sulfonamides is 1. The normalized spacial score (nSPS) is 12.0. The number of carbonyl (C=O) groups excluding carboxylic acids is 1. The lowest BCUT2D eigenvalue weighted by molar-refractivity contribution is -0.117. The summed E-state index contributed by atoms with van der Waals surface area (Å²) in [6, 6.07) is 19.1. The van der Waals surface area contributed by atoms with Crippen molar-refractivity contribution in [3.05, 3.63) is 78.4 Å². The Bertz CT molecular complexity index is 1200. The monoisotopic (exact) mass is 484 g/mol. The fourth-order valence-electron chi connectivity index (χ4n) is 3.32. The van der Waals surface area contributed by atoms with Gasteiger partial charge in [0, 0.05) is 11.8 Å². The van der Waals surface area contributed by atoms with Gasteiger partial charge >= 0.3 is 0 Å². The summed E-state index contributed by atoms with van der Waals surface area (Å²) in [6.07, 6.45) is 0.163. The van der Waals surface area contributed by atoms with Gasteiger partial charge in [0.1, 0.15) is 11.8 Å². The lowest BCUT2D eigenvalue weighted by atomic mass is 10.1. The molecule has 0 aliphatic rings. The molecule has 3 rings (SSSR count). The predicted octanol–water partition coefficient (Wildman–Crippen LogP) is 3.63. The molecule has 0 aliphatic heterocycles. The van der Waals surface area contributed by atoms with Crippen molar-refractivity contribution in [1.82, 2.24) is 4.72 Å². The van der Waals surface area contributed by atoms with Gasteiger partial charge in [0.15, 0.2) is 11.5 Å². The molecule has 1 atom stereocenters. The van der Waals surface area contributed by atoms with Crippen LogP contribution in [-0.2, 0) is 21.2 Å². The number of hydrogen-bond donors (Lipinski definition) is 2. The number of methoxy groups -OCH3 is 2. The van der Waals surface area contributed by atoms with Gasteiger partial charge in [-0.3, -0.25) is 4.79 Å². The van der Waals surface area contributed by atoms with Crippen molar-refractivity contribution in [2.24, 2.45) is 0 Å². The third-order valence-corrected chi connectivity index (χ3v) is 6.48. The van der Waals surface area contributed by atoms with Crippen LogP contribution >= 0.6 is 0 Å². The lowest BCUT2D eigenvalue weighted by Gasteiger charge is -2.19. The van der Waals surface area contributed by atoms with E-state index in [4.69, 9.17) is 14.2 Å². The molecule has 0 aliphatic carbocycles. The van der Waals surface area contributed by atoms with E-state index >= 15 is 0 Å². The van der Waals surface area contributed by atoms with E-state index in [1.807, 2.05) is 37.3 Å². The standard InChI is InChI=1S/C25H28N2O6S/c1-4-33-20-11-13-21(14-12-20)34(29,30)27-22(16-18-8-6-5-7-9-18)25(28)26-19-10-15-23(31-2)24(17-19)32-3/h5-15,17,22,27H,4,16H2,1-3H3,(H,26,28)/t22-/m1/s1. The molecule has 8 nitrogen and oxygen atoms in total. The van der Waals surface area contributed by atoms with Gasteiger partial charge in [0.2, 0.25) is 15.9 Å². The Morgan fingerprint density at radius 2 is 1.59 bits per heavy atom. The summed E-state index contributed by atoms with van der Waals surface area (Å²) < 4.78 is 44.6. The molecule has 3 aromatic carbocycles. The Morgan fingerprint density at radius 1 is 0.912 bits per heavy atom. The lowest BCUT2D eigenvalue weighted by Crippen LogP contribution is -2.45. The second-order valence-electron chi connectivity index (χ2n) is 7.33. The van der Waals surface area contributed by atoms with Crippen LogP contribution < -0.4 is 24.2 Å². The number of amides is 1. The summed E-state index contributed by atoms with van der Waals surface area (Å²) in [5.74, 6) is 1.01. The average molecular weight is 485 g/mol. The van der Waals surface area contributed by atoms with Crippen LogP contribution in [0.4, 0.5) is 5.69 Å². The van der Waals surface area contributed by atoms with Gasteiger partial charge in [-0.1, -0.05) is 30.3 Å². The minimum absolute atomic E-state index is 0.0351. The first-order valence-corrected chi connectivity index (χ1v) is 12.2. The highest BCUT2D eigenvalue weighted by Crippen LogP contribution is 2.30. The predicted molar refractivity (Wildman–Crippen MR) is 130 cm³/mol. The van der Waals surface area contributed by atoms with Gasteiger partial charge in [-0.05, 0) is 55.3 Å². The van der Waals surface area contributed by atoms with Gasteiger partial charge in [-0.15, -0.1) is 0 Å². The smallest absolute Gasteiger partial charge is 0.242 e. The van der Waals surface area contributed by atoms with Crippen molar-refractivity contribution in [3.8, 4) is 17.2 Å². The molecule has 0 saturated carbocycles. The van der Waals surface area contributed by atoms with Crippen molar-refractivity contribution in [2.75, 3.05) is 26.1 Å². The quantitative estimate of drug-likeness (QED) is 0.431. The van der Waals surface area contributed by atoms with E-state index < -0.39 is 22.0 Å². The maximum absolute atomic E-state index is 13.2. The fourth-order valence-corrected chi connectivity index (χ4v) is 4.51. The number of ether oxygens (including phenoxy) is 3. The molecular formula is C25H28N2O6S. The Morgan fingerprint density at radius 3 is 2.21 bits per heavy atom. The van der Waals surface area contributed by atoms with Crippen LogP contribution in [0.5, 0.6) is 17.2 Å². The largest absolute Gasteiger partial charge is 0.494 e. The number of nitrogens with one attached hydrogen (secondary N) is 2. The zero-order valence-corrected chi connectivity index (χ0v) is 20.1. The first kappa shape index (κ1) is 25.1. The SMILES string of the molecule is CCOc1ccc(S(=O)(=O)N[C@H](Cc2ccccc2)C(=O)Nc2ccc(OC)c(OC)c2)cc1. The summed E-state index contributed by atoms with van der Waals surface area (Å²) in [5.41, 5.74) is 1.25. The molecule has 0 radical (unpaired) electrons. The zero-order chi connectivity index (χ0) is 24.6. The highest BCUT2D eigenvalue weighted by molar-refractivity contribution is 7.89. The molecule has 0 aromatic heterocycles. The maximum Gasteiger partial charge on any atom is 0.242 e. The molecule has 0 unspecified atom stereocenters. The van der Waals surface area contributed by atoms with E-state index in [0.717, 1.165) is 5.56 Å². The first-order valence-electron chi connectivity index (χ1n) is 10.7. The highest BCUT2D eigenvalue weighted by atomic mass is 32.2. The molecule has 0 bridgehead atoms. The Balaban J connectivity index is 1.85. The number of anilines is 1. The second kappa shape index (κ2) is 11.5. The van der Waals surface area contributed by atoms with Gasteiger partial charge in [0.05, 0.1) is 25.7 Å². The number of rotatable bonds is 11. The topological polar surface area (TPSA) is 103 Å². The number of carbonyl (C=O) groups is 1. The Hall–Kier alpha value is -3.56. The van der Waals surface area contributed by atoms with Crippen molar-refractivity contribution < 1.29 is 27.4 Å². The van der Waals surface area contributed by atoms with Gasteiger partial charge in [0.25, 0.3) is 0 Å². The number of benzene rings is 3. The van der Waals surface area contributed by atoms with Crippen molar-refractivity contribution in [2.45, 2.75) is 24.3 Å². The van der Waals surface area contributed by atoms with E-state index in [1.165, 1.54) is 26.4 Å². The van der Waals surface area contributed by atoms with Crippen LogP contribution in [0.3, 0.4) is 0 Å². The van der Waals surface area contributed by atoms with Crippen molar-refractivity contribution in [3.63, 3.8) is 0 Å². The second-order valence-corrected chi connectivity index (χ2v) is 9.04. The Kier molecular flexibility index (Phi) is 8.50. The maximum atomic E-state index is 13.2. The van der Waals surface area contributed by atoms with Crippen LogP contribution in [0.2, 0.25) is 0 Å². The molecular weight excluding hydrogens is 456 g/mol. The van der Waals surface area contributed by atoms with E-state index in [-0.39, 0.29) is 11.3 Å². The molecule has 2 N–H and O–H groups in total. The third kappa shape index (κ3) is 6.49. The molecule has 9 heteroatoms. The van der Waals surface area contributed by atoms with Gasteiger partial charge in [-0.2, -0.15) is 4.72 Å². The molecule has 3 aromatic rings. The van der Waals surface area contributed by atoms with Gasteiger partial charge in [-0.25, -0.2) is 8.42 Å². The van der Waals surface area contributed by atoms with Gasteiger partial charge < -0.3 is 19.5 Å². The molecule has 1 amide bonds. The van der Waals surface area contributed by atoms with Crippen molar-refractivity contribution >= 4 is 21.6 Å². The summed E-state index contributed by atoms with van der Waals surface area (Å²) >= 11 is 0. The highest BCUT2D eigenvalue weighted by Gasteiger charge is 2.26. The van der Waals surface area contributed by atoms with E-state index in [0.29, 0.717) is 29.5 Å². The molecule has 0 heterocycles. The molecule has 0 saturated heterocycles. The summed E-state index contributed by atoms with van der Waals surface area (Å²) in [5, 5.41) is 2.77. The molecule has 0 spiro atoms.